The predicted molar refractivity (Wildman–Crippen MR) is 95.6 cm³/mol. The van der Waals surface area contributed by atoms with Gasteiger partial charge in [0, 0.05) is 10.6 Å². The van der Waals surface area contributed by atoms with Crippen LogP contribution in [-0.4, -0.2) is 24.5 Å². The zero-order valence-electron chi connectivity index (χ0n) is 13.5. The lowest BCUT2D eigenvalue weighted by Gasteiger charge is -2.06. The summed E-state index contributed by atoms with van der Waals surface area (Å²) >= 11 is 5.98. The molecule has 0 radical (unpaired) electrons. The van der Waals surface area contributed by atoms with E-state index in [2.05, 4.69) is 15.3 Å². The zero-order valence-corrected chi connectivity index (χ0v) is 14.3. The van der Waals surface area contributed by atoms with Gasteiger partial charge in [-0.15, -0.1) is 5.10 Å². The van der Waals surface area contributed by atoms with Crippen molar-refractivity contribution in [3.63, 3.8) is 0 Å². The van der Waals surface area contributed by atoms with Gasteiger partial charge in [0.15, 0.2) is 11.2 Å². The first-order valence-electron chi connectivity index (χ1n) is 7.88. The van der Waals surface area contributed by atoms with Crippen LogP contribution in [0.15, 0.2) is 59.7 Å². The van der Waals surface area contributed by atoms with E-state index in [4.69, 9.17) is 11.6 Å². The van der Waals surface area contributed by atoms with Crippen molar-refractivity contribution in [2.45, 2.75) is 13.1 Å². The van der Waals surface area contributed by atoms with Crippen LogP contribution >= 0.6 is 11.6 Å². The number of aromatic nitrogens is 5. The van der Waals surface area contributed by atoms with Gasteiger partial charge in [-0.05, 0) is 23.8 Å². The molecule has 2 aromatic carbocycles. The first kappa shape index (κ1) is 16.4. The molecule has 130 valence electrons. The van der Waals surface area contributed by atoms with Gasteiger partial charge in [-0.2, -0.15) is 0 Å². The minimum atomic E-state index is -0.342. The molecule has 6 nitrogen and oxygen atoms in total. The second-order valence-corrected chi connectivity index (χ2v) is 6.25. The lowest BCUT2D eigenvalue weighted by molar-refractivity contribution is 0.581. The number of nitrogens with zero attached hydrogens (tertiary/aromatic N) is 5. The number of halogens is 2. The minimum Gasteiger partial charge on any atom is -0.293 e. The highest BCUT2D eigenvalue weighted by molar-refractivity contribution is 6.30. The average Bonchev–Trinajstić information content (AvgIpc) is 3.03. The van der Waals surface area contributed by atoms with E-state index in [1.807, 2.05) is 12.1 Å². The third-order valence-electron chi connectivity index (χ3n) is 4.01. The van der Waals surface area contributed by atoms with E-state index in [0.717, 1.165) is 5.56 Å². The van der Waals surface area contributed by atoms with Gasteiger partial charge in [0.1, 0.15) is 12.1 Å². The Morgan fingerprint density at radius 1 is 1.08 bits per heavy atom. The first-order chi connectivity index (χ1) is 12.6. The molecule has 2 aromatic heterocycles. The standard InChI is InChI=1S/C18H13ClFN5O/c19-14-6-3-4-12(8-14)9-24-11-21-17-16(18(24)26)22-23-25(17)10-13-5-1-2-7-15(13)20/h1-8,11H,9-10H2. The lowest BCUT2D eigenvalue weighted by atomic mass is 10.2. The number of hydrogen-bond acceptors (Lipinski definition) is 4. The van der Waals surface area contributed by atoms with E-state index >= 15 is 0 Å². The van der Waals surface area contributed by atoms with Crippen LogP contribution < -0.4 is 5.56 Å². The Bertz CT molecular complexity index is 1150. The van der Waals surface area contributed by atoms with Crippen molar-refractivity contribution in [1.29, 1.82) is 0 Å². The molecule has 0 amide bonds. The number of fused-ring (bicyclic) bond motifs is 1. The zero-order chi connectivity index (χ0) is 18.1. The molecule has 0 aliphatic carbocycles. The summed E-state index contributed by atoms with van der Waals surface area (Å²) in [4.78, 5) is 16.9. The summed E-state index contributed by atoms with van der Waals surface area (Å²) in [6, 6.07) is 13.6. The highest BCUT2D eigenvalue weighted by atomic mass is 35.5. The number of benzene rings is 2. The molecule has 0 bridgehead atoms. The summed E-state index contributed by atoms with van der Waals surface area (Å²) in [5.74, 6) is -0.342. The van der Waals surface area contributed by atoms with Crippen LogP contribution in [0.3, 0.4) is 0 Å². The molecule has 0 fully saturated rings. The van der Waals surface area contributed by atoms with Crippen molar-refractivity contribution in [1.82, 2.24) is 24.5 Å². The first-order valence-corrected chi connectivity index (χ1v) is 8.26. The summed E-state index contributed by atoms with van der Waals surface area (Å²) in [6.07, 6.45) is 1.44. The van der Waals surface area contributed by atoms with Crippen LogP contribution in [0.5, 0.6) is 0 Å². The number of hydrogen-bond donors (Lipinski definition) is 0. The average molecular weight is 370 g/mol. The molecular formula is C18H13ClFN5O. The van der Waals surface area contributed by atoms with Gasteiger partial charge in [0.2, 0.25) is 0 Å². The fraction of sp³-hybridized carbons (Fsp3) is 0.111. The van der Waals surface area contributed by atoms with Crippen LogP contribution in [0.1, 0.15) is 11.1 Å². The lowest BCUT2D eigenvalue weighted by Crippen LogP contribution is -2.21. The van der Waals surface area contributed by atoms with Crippen LogP contribution in [0, 0.1) is 5.82 Å². The number of rotatable bonds is 4. The summed E-state index contributed by atoms with van der Waals surface area (Å²) in [5, 5.41) is 8.49. The molecule has 4 rings (SSSR count). The van der Waals surface area contributed by atoms with Crippen molar-refractivity contribution in [2.75, 3.05) is 0 Å². The van der Waals surface area contributed by atoms with Crippen LogP contribution in [0.2, 0.25) is 5.02 Å². The summed E-state index contributed by atoms with van der Waals surface area (Å²) < 4.78 is 16.7. The molecule has 0 atom stereocenters. The maximum atomic E-state index is 13.8. The normalized spacial score (nSPS) is 11.2. The van der Waals surface area contributed by atoms with Crippen molar-refractivity contribution >= 4 is 22.8 Å². The van der Waals surface area contributed by atoms with Crippen molar-refractivity contribution in [3.8, 4) is 0 Å². The molecule has 0 aliphatic heterocycles. The van der Waals surface area contributed by atoms with Crippen LogP contribution in [0.25, 0.3) is 11.2 Å². The van der Waals surface area contributed by atoms with E-state index in [0.29, 0.717) is 22.8 Å². The Morgan fingerprint density at radius 2 is 1.92 bits per heavy atom. The van der Waals surface area contributed by atoms with Gasteiger partial charge in [-0.3, -0.25) is 9.36 Å². The molecular weight excluding hydrogens is 357 g/mol. The molecule has 0 spiro atoms. The monoisotopic (exact) mass is 369 g/mol. The smallest absolute Gasteiger partial charge is 0.283 e. The molecule has 0 unspecified atom stereocenters. The Hall–Kier alpha value is -3.06. The van der Waals surface area contributed by atoms with Gasteiger partial charge in [0.05, 0.1) is 13.1 Å². The maximum Gasteiger partial charge on any atom is 0.283 e. The van der Waals surface area contributed by atoms with E-state index in [1.54, 1.807) is 30.3 Å². The Balaban J connectivity index is 1.69. The topological polar surface area (TPSA) is 65.6 Å². The van der Waals surface area contributed by atoms with Gasteiger partial charge in [-0.25, -0.2) is 14.1 Å². The van der Waals surface area contributed by atoms with Crippen molar-refractivity contribution in [3.05, 3.63) is 87.2 Å². The Morgan fingerprint density at radius 3 is 2.73 bits per heavy atom. The van der Waals surface area contributed by atoms with E-state index in [9.17, 15) is 9.18 Å². The Labute approximate surface area is 152 Å². The van der Waals surface area contributed by atoms with Gasteiger partial charge in [-0.1, -0.05) is 47.1 Å². The third kappa shape index (κ3) is 3.09. The fourth-order valence-electron chi connectivity index (χ4n) is 2.73. The molecule has 0 N–H and O–H groups in total. The second kappa shape index (κ2) is 6.68. The van der Waals surface area contributed by atoms with Gasteiger partial charge in [0.25, 0.3) is 5.56 Å². The highest BCUT2D eigenvalue weighted by Crippen LogP contribution is 2.13. The van der Waals surface area contributed by atoms with Gasteiger partial charge >= 0.3 is 0 Å². The van der Waals surface area contributed by atoms with E-state index in [-0.39, 0.29) is 23.4 Å². The molecule has 0 saturated heterocycles. The Kier molecular flexibility index (Phi) is 4.22. The van der Waals surface area contributed by atoms with Gasteiger partial charge < -0.3 is 0 Å². The predicted octanol–water partition coefficient (Wildman–Crippen LogP) is 2.88. The summed E-state index contributed by atoms with van der Waals surface area (Å²) in [6.45, 7) is 0.469. The summed E-state index contributed by atoms with van der Waals surface area (Å²) in [5.41, 5.74) is 1.48. The molecule has 8 heteroatoms. The fourth-order valence-corrected chi connectivity index (χ4v) is 2.94. The quantitative estimate of drug-likeness (QED) is 0.555. The summed E-state index contributed by atoms with van der Waals surface area (Å²) in [7, 11) is 0. The van der Waals surface area contributed by atoms with Crippen LogP contribution in [0.4, 0.5) is 4.39 Å². The molecule has 0 aliphatic rings. The second-order valence-electron chi connectivity index (χ2n) is 5.82. The largest absolute Gasteiger partial charge is 0.293 e. The van der Waals surface area contributed by atoms with Crippen molar-refractivity contribution in [2.24, 2.45) is 0 Å². The van der Waals surface area contributed by atoms with Crippen LogP contribution in [-0.2, 0) is 13.1 Å². The molecule has 0 saturated carbocycles. The van der Waals surface area contributed by atoms with E-state index in [1.165, 1.54) is 21.6 Å². The van der Waals surface area contributed by atoms with E-state index < -0.39 is 0 Å². The SMILES string of the molecule is O=c1c2nnn(Cc3ccccc3F)c2ncn1Cc1cccc(Cl)c1. The highest BCUT2D eigenvalue weighted by Gasteiger charge is 2.13. The molecule has 4 aromatic rings. The third-order valence-corrected chi connectivity index (χ3v) is 4.25. The van der Waals surface area contributed by atoms with Crippen molar-refractivity contribution < 1.29 is 4.39 Å². The molecule has 2 heterocycles. The maximum absolute atomic E-state index is 13.8. The molecule has 26 heavy (non-hydrogen) atoms. The minimum absolute atomic E-state index is 0.144.